The van der Waals surface area contributed by atoms with E-state index in [-0.39, 0.29) is 5.57 Å². The lowest BCUT2D eigenvalue weighted by Crippen LogP contribution is -2.13. The van der Waals surface area contributed by atoms with Gasteiger partial charge in [-0.25, -0.2) is 0 Å². The molecule has 0 aliphatic carbocycles. The third-order valence-corrected chi connectivity index (χ3v) is 6.06. The Morgan fingerprint density at radius 1 is 0.892 bits per heavy atom. The van der Waals surface area contributed by atoms with Crippen LogP contribution in [0.25, 0.3) is 6.08 Å². The summed E-state index contributed by atoms with van der Waals surface area (Å²) in [7, 11) is 0. The van der Waals surface area contributed by atoms with Crippen LogP contribution in [-0.2, 0) is 18.0 Å². The van der Waals surface area contributed by atoms with Crippen LogP contribution in [0.5, 0.6) is 11.5 Å². The van der Waals surface area contributed by atoms with Crippen LogP contribution in [0.4, 0.5) is 5.69 Å². The van der Waals surface area contributed by atoms with E-state index in [0.29, 0.717) is 41.0 Å². The highest BCUT2D eigenvalue weighted by Crippen LogP contribution is 2.24. The van der Waals surface area contributed by atoms with Gasteiger partial charge in [0.1, 0.15) is 36.4 Å². The molecule has 7 heteroatoms. The van der Waals surface area contributed by atoms with Crippen LogP contribution in [0.1, 0.15) is 16.7 Å². The molecule has 37 heavy (non-hydrogen) atoms. The quantitative estimate of drug-likeness (QED) is 0.164. The summed E-state index contributed by atoms with van der Waals surface area (Å²) in [5, 5.41) is 13.0. The van der Waals surface area contributed by atoms with Gasteiger partial charge in [-0.15, -0.1) is 0 Å². The molecule has 0 atom stereocenters. The zero-order valence-electron chi connectivity index (χ0n) is 19.7. The molecule has 1 amide bonds. The fraction of sp³-hybridized carbons (Fsp3) is 0.0667. The van der Waals surface area contributed by atoms with Crippen molar-refractivity contribution < 1.29 is 14.3 Å². The number of amides is 1. The van der Waals surface area contributed by atoms with Crippen LogP contribution in [0.15, 0.2) is 107 Å². The van der Waals surface area contributed by atoms with Gasteiger partial charge in [0.15, 0.2) is 0 Å². The highest BCUT2D eigenvalue weighted by Gasteiger charge is 2.12. The minimum absolute atomic E-state index is 0.0469. The highest BCUT2D eigenvalue weighted by atomic mass is 79.9. The molecule has 0 radical (unpaired) electrons. The number of carbonyl (C=O) groups is 1. The molecule has 4 aromatic rings. The van der Waals surface area contributed by atoms with Gasteiger partial charge in [0, 0.05) is 20.7 Å². The molecule has 0 heterocycles. The standard InChI is InChI=1S/C30H22BrClN2O3/c31-25-10-8-21(9-11-25)19-36-28-14-12-27(13-15-28)34-30(35)24(18-33)17-23-5-1-2-7-29(23)37-20-22-4-3-6-26(32)16-22/h1-17H,19-20H2,(H,34,35)/b24-17+. The Balaban J connectivity index is 1.39. The molecule has 0 saturated heterocycles. The monoisotopic (exact) mass is 572 g/mol. The zero-order valence-corrected chi connectivity index (χ0v) is 22.0. The van der Waals surface area contributed by atoms with Crippen LogP contribution in [0, 0.1) is 11.3 Å². The third kappa shape index (κ3) is 7.71. The summed E-state index contributed by atoms with van der Waals surface area (Å²) < 4.78 is 12.7. The molecule has 4 aromatic carbocycles. The smallest absolute Gasteiger partial charge is 0.266 e. The van der Waals surface area contributed by atoms with Gasteiger partial charge in [0.25, 0.3) is 5.91 Å². The highest BCUT2D eigenvalue weighted by molar-refractivity contribution is 9.10. The summed E-state index contributed by atoms with van der Waals surface area (Å²) in [5.41, 5.74) is 3.07. The van der Waals surface area contributed by atoms with Crippen molar-refractivity contribution in [3.63, 3.8) is 0 Å². The van der Waals surface area contributed by atoms with E-state index in [1.165, 1.54) is 6.08 Å². The zero-order chi connectivity index (χ0) is 26.0. The van der Waals surface area contributed by atoms with Crippen molar-refractivity contribution in [1.29, 1.82) is 5.26 Å². The molecule has 184 valence electrons. The number of nitrogens with one attached hydrogen (secondary N) is 1. The van der Waals surface area contributed by atoms with Crippen molar-refractivity contribution in [1.82, 2.24) is 0 Å². The number of hydrogen-bond donors (Lipinski definition) is 1. The first-order valence-electron chi connectivity index (χ1n) is 11.4. The number of anilines is 1. The van der Waals surface area contributed by atoms with Crippen molar-refractivity contribution in [2.24, 2.45) is 0 Å². The van der Waals surface area contributed by atoms with Gasteiger partial charge >= 0.3 is 0 Å². The third-order valence-electron chi connectivity index (χ3n) is 5.30. The maximum absolute atomic E-state index is 12.8. The SMILES string of the molecule is N#C/C(=C\c1ccccc1OCc1cccc(Cl)c1)C(=O)Nc1ccc(OCc2ccc(Br)cc2)cc1. The number of halogens is 2. The summed E-state index contributed by atoms with van der Waals surface area (Å²) in [6.07, 6.45) is 1.51. The molecule has 0 fully saturated rings. The average molecular weight is 574 g/mol. The van der Waals surface area contributed by atoms with Gasteiger partial charge in [0.05, 0.1) is 0 Å². The first-order chi connectivity index (χ1) is 18.0. The van der Waals surface area contributed by atoms with Crippen molar-refractivity contribution >= 4 is 45.2 Å². The van der Waals surface area contributed by atoms with E-state index in [1.54, 1.807) is 42.5 Å². The lowest BCUT2D eigenvalue weighted by molar-refractivity contribution is -0.112. The van der Waals surface area contributed by atoms with Crippen LogP contribution in [0.2, 0.25) is 5.02 Å². The van der Waals surface area contributed by atoms with Gasteiger partial charge < -0.3 is 14.8 Å². The second kappa shape index (κ2) is 12.8. The molecular weight excluding hydrogens is 552 g/mol. The average Bonchev–Trinajstić information content (AvgIpc) is 2.91. The van der Waals surface area contributed by atoms with Crippen LogP contribution in [-0.4, -0.2) is 5.91 Å². The van der Waals surface area contributed by atoms with Crippen LogP contribution < -0.4 is 14.8 Å². The van der Waals surface area contributed by atoms with E-state index in [1.807, 2.05) is 60.7 Å². The number of carbonyl (C=O) groups excluding carboxylic acids is 1. The second-order valence-corrected chi connectivity index (χ2v) is 9.37. The van der Waals surface area contributed by atoms with E-state index >= 15 is 0 Å². The summed E-state index contributed by atoms with van der Waals surface area (Å²) in [4.78, 5) is 12.8. The number of ether oxygens (including phenoxy) is 2. The second-order valence-electron chi connectivity index (χ2n) is 8.02. The summed E-state index contributed by atoms with van der Waals surface area (Å²) in [6, 6.07) is 31.5. The van der Waals surface area contributed by atoms with E-state index in [2.05, 4.69) is 21.2 Å². The predicted octanol–water partition coefficient (Wildman–Crippen LogP) is 7.81. The van der Waals surface area contributed by atoms with E-state index < -0.39 is 5.91 Å². The number of nitrogens with zero attached hydrogens (tertiary/aromatic N) is 1. The number of rotatable bonds is 9. The fourth-order valence-electron chi connectivity index (χ4n) is 3.40. The Bertz CT molecular complexity index is 1450. The van der Waals surface area contributed by atoms with Crippen molar-refractivity contribution in [3.05, 3.63) is 129 Å². The van der Waals surface area contributed by atoms with Crippen molar-refractivity contribution in [2.45, 2.75) is 13.2 Å². The Morgan fingerprint density at radius 2 is 1.62 bits per heavy atom. The van der Waals surface area contributed by atoms with Gasteiger partial charge in [-0.05, 0) is 71.8 Å². The molecule has 4 rings (SSSR count). The number of benzene rings is 4. The van der Waals surface area contributed by atoms with Gasteiger partial charge in [-0.3, -0.25) is 4.79 Å². The molecule has 0 aromatic heterocycles. The maximum Gasteiger partial charge on any atom is 0.266 e. The Hall–Kier alpha value is -4.05. The number of para-hydroxylation sites is 1. The Labute approximate surface area is 229 Å². The summed E-state index contributed by atoms with van der Waals surface area (Å²) >= 11 is 9.46. The maximum atomic E-state index is 12.8. The molecule has 0 unspecified atom stereocenters. The Kier molecular flexibility index (Phi) is 8.98. The molecule has 0 spiro atoms. The van der Waals surface area contributed by atoms with Crippen molar-refractivity contribution in [3.8, 4) is 17.6 Å². The minimum Gasteiger partial charge on any atom is -0.489 e. The van der Waals surface area contributed by atoms with E-state index in [4.69, 9.17) is 21.1 Å². The summed E-state index contributed by atoms with van der Waals surface area (Å²) in [5.74, 6) is 0.703. The lowest BCUT2D eigenvalue weighted by atomic mass is 10.1. The normalized spacial score (nSPS) is 10.9. The first-order valence-corrected chi connectivity index (χ1v) is 12.5. The van der Waals surface area contributed by atoms with Gasteiger partial charge in [-0.1, -0.05) is 70.0 Å². The predicted molar refractivity (Wildman–Crippen MR) is 149 cm³/mol. The van der Waals surface area contributed by atoms with Gasteiger partial charge in [0.2, 0.25) is 0 Å². The topological polar surface area (TPSA) is 71.3 Å². The van der Waals surface area contributed by atoms with Crippen LogP contribution >= 0.6 is 27.5 Å². The fourth-order valence-corrected chi connectivity index (χ4v) is 3.88. The van der Waals surface area contributed by atoms with E-state index in [9.17, 15) is 10.1 Å². The van der Waals surface area contributed by atoms with Gasteiger partial charge in [-0.2, -0.15) is 5.26 Å². The Morgan fingerprint density at radius 3 is 2.35 bits per heavy atom. The molecule has 0 aliphatic heterocycles. The first kappa shape index (κ1) is 26.0. The van der Waals surface area contributed by atoms with Crippen molar-refractivity contribution in [2.75, 3.05) is 5.32 Å². The molecule has 0 bridgehead atoms. The molecular formula is C30H22BrClN2O3. The molecule has 0 aliphatic rings. The molecule has 0 saturated carbocycles. The number of nitriles is 1. The minimum atomic E-state index is -0.518. The van der Waals surface area contributed by atoms with Crippen LogP contribution in [0.3, 0.4) is 0 Å². The number of hydrogen-bond acceptors (Lipinski definition) is 4. The lowest BCUT2D eigenvalue weighted by Gasteiger charge is -2.11. The largest absolute Gasteiger partial charge is 0.489 e. The molecule has 1 N–H and O–H groups in total. The van der Waals surface area contributed by atoms with E-state index in [0.717, 1.165) is 15.6 Å². The molecule has 5 nitrogen and oxygen atoms in total. The summed E-state index contributed by atoms with van der Waals surface area (Å²) in [6.45, 7) is 0.731.